The molecule has 0 rings (SSSR count). The predicted molar refractivity (Wildman–Crippen MR) is 56.0 cm³/mol. The Hall–Kier alpha value is -1.99. The van der Waals surface area contributed by atoms with Crippen LogP contribution < -0.4 is 0 Å². The monoisotopic (exact) mass is 528 g/mol. The summed E-state index contributed by atoms with van der Waals surface area (Å²) in [5.74, 6) is -35.0. The Bertz CT molecular complexity index is 740. The topological polar surface area (TPSA) is 17.1 Å². The van der Waals surface area contributed by atoms with Gasteiger partial charge in [0.1, 0.15) is 5.57 Å². The second-order valence-corrected chi connectivity index (χ2v) is 5.39. The van der Waals surface area contributed by atoms with Crippen molar-refractivity contribution in [2.45, 2.75) is 48.1 Å². The Morgan fingerprint density at radius 1 is 0.438 bits per heavy atom. The predicted octanol–water partition coefficient (Wildman–Crippen LogP) is 6.64. The molecular weight excluding hydrogens is 528 g/mol. The number of carbonyl (C=O) groups excluding carboxylic acids is 1. The summed E-state index contributed by atoms with van der Waals surface area (Å²) >= 11 is 0. The highest BCUT2D eigenvalue weighted by Crippen LogP contribution is 2.59. The first-order valence-electron chi connectivity index (χ1n) is 6.48. The first-order valence-corrected chi connectivity index (χ1v) is 6.48. The highest BCUT2D eigenvalue weighted by molar-refractivity contribution is 6.01. The molecule has 0 spiro atoms. The zero-order valence-corrected chi connectivity index (χ0v) is 13.5. The highest BCUT2D eigenvalue weighted by Gasteiger charge is 2.84. The smallest absolute Gasteiger partial charge is 0.284 e. The maximum atomic E-state index is 13.7. The molecule has 0 aliphatic rings. The minimum Gasteiger partial charge on any atom is -0.284 e. The van der Waals surface area contributed by atoms with Gasteiger partial charge in [-0.05, 0) is 0 Å². The van der Waals surface area contributed by atoms with Gasteiger partial charge in [0.25, 0.3) is 5.78 Å². The third-order valence-electron chi connectivity index (χ3n) is 3.25. The van der Waals surface area contributed by atoms with E-state index in [2.05, 4.69) is 0 Å². The van der Waals surface area contributed by atoms with E-state index in [0.717, 1.165) is 0 Å². The molecule has 0 aromatic carbocycles. The Morgan fingerprint density at radius 2 is 0.750 bits per heavy atom. The number of hydrogen-bond acceptors (Lipinski definition) is 1. The minimum absolute atomic E-state index is 5.39. The van der Waals surface area contributed by atoms with Gasteiger partial charge in [0.15, 0.2) is 5.83 Å². The van der Waals surface area contributed by atoms with Gasteiger partial charge in [-0.25, -0.2) is 8.78 Å². The molecule has 0 N–H and O–H groups in total. The number of allylic oxidation sites excluding steroid dienone is 2. The van der Waals surface area contributed by atoms with Gasteiger partial charge in [0.05, 0.1) is 0 Å². The van der Waals surface area contributed by atoms with E-state index in [0.29, 0.717) is 0 Å². The van der Waals surface area contributed by atoms with Gasteiger partial charge in [-0.1, -0.05) is 0 Å². The van der Waals surface area contributed by atoms with E-state index in [1.54, 1.807) is 0 Å². The average molecular weight is 528 g/mol. The molecule has 0 amide bonds. The fourth-order valence-corrected chi connectivity index (χ4v) is 1.66. The summed E-state index contributed by atoms with van der Waals surface area (Å²) in [4.78, 5) is 10.8. The highest BCUT2D eigenvalue weighted by atomic mass is 19.4. The molecule has 0 aliphatic heterocycles. The lowest BCUT2D eigenvalue weighted by Gasteiger charge is -2.36. The molecule has 21 heteroatoms. The molecule has 0 aliphatic carbocycles. The molecule has 0 heterocycles. The van der Waals surface area contributed by atoms with E-state index >= 15 is 0 Å². The maximum Gasteiger partial charge on any atom is 0.460 e. The largest absolute Gasteiger partial charge is 0.460 e. The van der Waals surface area contributed by atoms with Gasteiger partial charge < -0.3 is 0 Å². The number of Topliss-reactive ketones (excluding diaryl/α,β-unsaturated/α-hetero) is 1. The average Bonchev–Trinajstić information content (AvgIpc) is 2.48. The first kappa shape index (κ1) is 30.0. The summed E-state index contributed by atoms with van der Waals surface area (Å²) in [5, 5.41) is 0. The fraction of sp³-hybridized carbons (Fsp3) is 0.727. The van der Waals surface area contributed by atoms with Crippen LogP contribution in [0.4, 0.5) is 87.8 Å². The standard InChI is InChI=1S/C11F20O/c12-1(3(32)6(16,17)7(18,19)11(29,30)31)2(5(14,15)10(26,27)28)4(13,8(20,21)22)9(23,24)25. The Labute approximate surface area is 159 Å². The molecule has 1 nitrogen and oxygen atoms in total. The fourth-order valence-electron chi connectivity index (χ4n) is 1.66. The van der Waals surface area contributed by atoms with Crippen LogP contribution in [-0.4, -0.2) is 53.9 Å². The van der Waals surface area contributed by atoms with Crippen LogP contribution in [0.5, 0.6) is 0 Å². The molecular formula is C11F20O. The number of ketones is 1. The van der Waals surface area contributed by atoms with Gasteiger partial charge in [-0.15, -0.1) is 0 Å². The van der Waals surface area contributed by atoms with Crippen molar-refractivity contribution < 1.29 is 92.6 Å². The summed E-state index contributed by atoms with van der Waals surface area (Å²) in [7, 11) is 0. The molecule has 0 saturated heterocycles. The molecule has 0 aromatic rings. The van der Waals surface area contributed by atoms with E-state index in [1.165, 1.54) is 0 Å². The van der Waals surface area contributed by atoms with Crippen LogP contribution in [0.25, 0.3) is 0 Å². The lowest BCUT2D eigenvalue weighted by molar-refractivity contribution is -0.348. The van der Waals surface area contributed by atoms with Gasteiger partial charge in [0.2, 0.25) is 0 Å². The summed E-state index contributed by atoms with van der Waals surface area (Å²) in [5.41, 5.74) is -14.3. The zero-order chi connectivity index (χ0) is 26.7. The van der Waals surface area contributed by atoms with Crippen LogP contribution >= 0.6 is 0 Å². The zero-order valence-electron chi connectivity index (χ0n) is 13.5. The Morgan fingerprint density at radius 3 is 0.969 bits per heavy atom. The third kappa shape index (κ3) is 4.29. The number of hydrogen-bond donors (Lipinski definition) is 0. The Balaban J connectivity index is 7.70. The number of alkyl halides is 19. The van der Waals surface area contributed by atoms with E-state index in [4.69, 9.17) is 0 Å². The molecule has 0 radical (unpaired) electrons. The van der Waals surface area contributed by atoms with E-state index < -0.39 is 65.3 Å². The van der Waals surface area contributed by atoms with Crippen LogP contribution in [0.2, 0.25) is 0 Å². The van der Waals surface area contributed by atoms with Gasteiger partial charge in [-0.3, -0.25) is 4.79 Å². The lowest BCUT2D eigenvalue weighted by atomic mass is 9.85. The summed E-state index contributed by atoms with van der Waals surface area (Å²) in [6.45, 7) is 0. The van der Waals surface area contributed by atoms with E-state index in [1.807, 2.05) is 0 Å². The summed E-state index contributed by atoms with van der Waals surface area (Å²) in [6.07, 6.45) is -32.0. The van der Waals surface area contributed by atoms with E-state index in [-0.39, 0.29) is 0 Å². The van der Waals surface area contributed by atoms with Crippen molar-refractivity contribution >= 4 is 5.78 Å². The molecule has 0 aromatic heterocycles. The molecule has 0 unspecified atom stereocenters. The first-order chi connectivity index (χ1) is 13.4. The van der Waals surface area contributed by atoms with E-state index in [9.17, 15) is 92.6 Å². The summed E-state index contributed by atoms with van der Waals surface area (Å²) < 4.78 is 253. The van der Waals surface area contributed by atoms with Crippen molar-refractivity contribution in [2.24, 2.45) is 0 Å². The lowest BCUT2D eigenvalue weighted by Crippen LogP contribution is -2.62. The number of rotatable bonds is 5. The quantitative estimate of drug-likeness (QED) is 0.289. The van der Waals surface area contributed by atoms with Crippen molar-refractivity contribution in [1.82, 2.24) is 0 Å². The van der Waals surface area contributed by atoms with Crippen molar-refractivity contribution in [3.8, 4) is 0 Å². The maximum absolute atomic E-state index is 13.7. The number of carbonyl (C=O) groups is 1. The molecule has 0 fully saturated rings. The number of halogens is 20. The van der Waals surface area contributed by atoms with Crippen LogP contribution in [0, 0.1) is 0 Å². The van der Waals surface area contributed by atoms with Crippen LogP contribution in [0.15, 0.2) is 11.4 Å². The van der Waals surface area contributed by atoms with Crippen LogP contribution in [0.3, 0.4) is 0 Å². The molecule has 190 valence electrons. The minimum atomic E-state index is -8.39. The molecule has 0 saturated carbocycles. The van der Waals surface area contributed by atoms with Gasteiger partial charge in [-0.2, -0.15) is 79.0 Å². The third-order valence-corrected chi connectivity index (χ3v) is 3.25. The van der Waals surface area contributed by atoms with Crippen molar-refractivity contribution in [1.29, 1.82) is 0 Å². The van der Waals surface area contributed by atoms with Crippen molar-refractivity contribution in [3.63, 3.8) is 0 Å². The second-order valence-electron chi connectivity index (χ2n) is 5.39. The molecule has 0 bridgehead atoms. The normalized spacial score (nSPS) is 16.8. The SMILES string of the molecule is O=C(C(F)=C(C(F)(F)C(F)(F)F)C(F)(C(F)(F)F)C(F)(F)F)C(F)(F)C(F)(F)C(F)(F)F. The Kier molecular flexibility index (Phi) is 7.05. The van der Waals surface area contributed by atoms with Crippen LogP contribution in [0.1, 0.15) is 0 Å². The van der Waals surface area contributed by atoms with Gasteiger partial charge >= 0.3 is 48.1 Å². The van der Waals surface area contributed by atoms with Crippen molar-refractivity contribution in [3.05, 3.63) is 11.4 Å². The molecule has 32 heavy (non-hydrogen) atoms. The van der Waals surface area contributed by atoms with Crippen molar-refractivity contribution in [2.75, 3.05) is 0 Å². The van der Waals surface area contributed by atoms with Gasteiger partial charge in [0, 0.05) is 0 Å². The second kappa shape index (κ2) is 7.52. The summed E-state index contributed by atoms with van der Waals surface area (Å²) in [6, 6.07) is 0. The molecule has 0 atom stereocenters. The van der Waals surface area contributed by atoms with Crippen LogP contribution in [-0.2, 0) is 4.79 Å².